The summed E-state index contributed by atoms with van der Waals surface area (Å²) in [4.78, 5) is 13.5. The van der Waals surface area contributed by atoms with E-state index in [9.17, 15) is 18.0 Å². The van der Waals surface area contributed by atoms with E-state index in [1.807, 2.05) is 0 Å². The third kappa shape index (κ3) is 2.28. The molecule has 1 fully saturated rings. The van der Waals surface area contributed by atoms with Crippen LogP contribution in [0.4, 0.5) is 13.2 Å². The molecule has 0 heterocycles. The molecule has 17 heavy (non-hydrogen) atoms. The Kier molecular flexibility index (Phi) is 3.09. The fourth-order valence-electron chi connectivity index (χ4n) is 1.80. The summed E-state index contributed by atoms with van der Waals surface area (Å²) >= 11 is 0. The maximum Gasteiger partial charge on any atom is 0.254 e. The number of hydrogen-bond acceptors (Lipinski definition) is 1. The highest BCUT2D eigenvalue weighted by molar-refractivity contribution is 5.94. The number of amides is 1. The predicted octanol–water partition coefficient (Wildman–Crippen LogP) is 2.73. The fraction of sp³-hybridized carbons (Fsp3) is 0.417. The molecule has 1 aromatic rings. The Labute approximate surface area is 97.0 Å². The minimum absolute atomic E-state index is 0.143. The van der Waals surface area contributed by atoms with Gasteiger partial charge >= 0.3 is 0 Å². The number of benzene rings is 1. The lowest BCUT2D eigenvalue weighted by atomic mass is 10.1. The van der Waals surface area contributed by atoms with E-state index in [-0.39, 0.29) is 11.6 Å². The summed E-state index contributed by atoms with van der Waals surface area (Å²) in [5.74, 6) is -4.66. The van der Waals surface area contributed by atoms with Crippen LogP contribution < -0.4 is 0 Å². The molecule has 1 saturated carbocycles. The minimum Gasteiger partial charge on any atom is -0.336 e. The van der Waals surface area contributed by atoms with E-state index in [4.69, 9.17) is 0 Å². The van der Waals surface area contributed by atoms with E-state index < -0.39 is 23.4 Å². The molecule has 1 amide bonds. The molecule has 0 aromatic heterocycles. The summed E-state index contributed by atoms with van der Waals surface area (Å²) in [6, 6.07) is 1.64. The molecular formula is C12H12F3NO. The van der Waals surface area contributed by atoms with Crippen LogP contribution in [0.25, 0.3) is 0 Å². The molecule has 5 heteroatoms. The van der Waals surface area contributed by atoms with Gasteiger partial charge in [-0.25, -0.2) is 13.2 Å². The molecule has 0 radical (unpaired) electrons. The highest BCUT2D eigenvalue weighted by Crippen LogP contribution is 2.28. The van der Waals surface area contributed by atoms with Crippen molar-refractivity contribution in [2.24, 2.45) is 0 Å². The van der Waals surface area contributed by atoms with Crippen LogP contribution in [0.5, 0.6) is 0 Å². The van der Waals surface area contributed by atoms with E-state index in [2.05, 4.69) is 0 Å². The Bertz CT molecular complexity index is 434. The first-order valence-corrected chi connectivity index (χ1v) is 5.50. The minimum atomic E-state index is -1.55. The van der Waals surface area contributed by atoms with Gasteiger partial charge in [-0.3, -0.25) is 4.79 Å². The van der Waals surface area contributed by atoms with Crippen molar-refractivity contribution in [2.45, 2.75) is 25.8 Å². The molecule has 2 nitrogen and oxygen atoms in total. The standard InChI is InChI=1S/C12H12F3NO/c1-2-16(8-3-4-8)12(17)7-5-9(13)11(15)10(14)6-7/h5-6,8H,2-4H2,1H3. The average Bonchev–Trinajstić information content (AvgIpc) is 3.10. The van der Waals surface area contributed by atoms with Crippen molar-refractivity contribution in [1.82, 2.24) is 4.90 Å². The molecular weight excluding hydrogens is 231 g/mol. The monoisotopic (exact) mass is 243 g/mol. The van der Waals surface area contributed by atoms with E-state index >= 15 is 0 Å². The van der Waals surface area contributed by atoms with Gasteiger partial charge in [0, 0.05) is 18.2 Å². The zero-order valence-electron chi connectivity index (χ0n) is 9.34. The predicted molar refractivity (Wildman–Crippen MR) is 56.0 cm³/mol. The van der Waals surface area contributed by atoms with E-state index in [1.54, 1.807) is 11.8 Å². The Morgan fingerprint density at radius 1 is 1.29 bits per heavy atom. The van der Waals surface area contributed by atoms with E-state index in [1.165, 1.54) is 0 Å². The largest absolute Gasteiger partial charge is 0.336 e. The second-order valence-corrected chi connectivity index (χ2v) is 4.08. The normalized spacial score (nSPS) is 14.8. The first-order valence-electron chi connectivity index (χ1n) is 5.50. The topological polar surface area (TPSA) is 20.3 Å². The lowest BCUT2D eigenvalue weighted by molar-refractivity contribution is 0.0751. The summed E-state index contributed by atoms with van der Waals surface area (Å²) in [6.07, 6.45) is 1.82. The van der Waals surface area contributed by atoms with Crippen LogP contribution in [-0.2, 0) is 0 Å². The van der Waals surface area contributed by atoms with Gasteiger partial charge in [-0.15, -0.1) is 0 Å². The second-order valence-electron chi connectivity index (χ2n) is 4.08. The molecule has 0 aliphatic heterocycles. The SMILES string of the molecule is CCN(C(=O)c1cc(F)c(F)c(F)c1)C1CC1. The quantitative estimate of drug-likeness (QED) is 0.747. The highest BCUT2D eigenvalue weighted by atomic mass is 19.2. The van der Waals surface area contributed by atoms with Crippen molar-refractivity contribution >= 4 is 5.91 Å². The van der Waals surface area contributed by atoms with Gasteiger partial charge in [-0.1, -0.05) is 0 Å². The van der Waals surface area contributed by atoms with Crippen molar-refractivity contribution in [3.8, 4) is 0 Å². The summed E-state index contributed by atoms with van der Waals surface area (Å²) < 4.78 is 38.8. The Hall–Kier alpha value is -1.52. The second kappa shape index (κ2) is 4.39. The van der Waals surface area contributed by atoms with Gasteiger partial charge in [0.05, 0.1) is 0 Å². The van der Waals surface area contributed by atoms with Crippen molar-refractivity contribution in [3.63, 3.8) is 0 Å². The fourth-order valence-corrected chi connectivity index (χ4v) is 1.80. The molecule has 1 aliphatic carbocycles. The zero-order chi connectivity index (χ0) is 12.6. The third-order valence-electron chi connectivity index (χ3n) is 2.82. The van der Waals surface area contributed by atoms with Crippen LogP contribution in [0, 0.1) is 17.5 Å². The molecule has 2 rings (SSSR count). The van der Waals surface area contributed by atoms with Crippen LogP contribution in [0.15, 0.2) is 12.1 Å². The molecule has 0 unspecified atom stereocenters. The van der Waals surface area contributed by atoms with Gasteiger partial charge in [-0.2, -0.15) is 0 Å². The number of hydrogen-bond donors (Lipinski definition) is 0. The number of carbonyl (C=O) groups is 1. The Morgan fingerprint density at radius 2 is 1.82 bits per heavy atom. The van der Waals surface area contributed by atoms with E-state index in [0.29, 0.717) is 6.54 Å². The van der Waals surface area contributed by atoms with Crippen LogP contribution in [0.3, 0.4) is 0 Å². The maximum absolute atomic E-state index is 13.0. The van der Waals surface area contributed by atoms with Crippen LogP contribution in [0.1, 0.15) is 30.1 Å². The van der Waals surface area contributed by atoms with Crippen molar-refractivity contribution in [2.75, 3.05) is 6.54 Å². The first-order chi connectivity index (χ1) is 8.04. The Morgan fingerprint density at radius 3 is 2.24 bits per heavy atom. The molecule has 0 N–H and O–H groups in total. The van der Waals surface area contributed by atoms with Gasteiger partial charge in [0.15, 0.2) is 17.5 Å². The van der Waals surface area contributed by atoms with Gasteiger partial charge in [0.1, 0.15) is 0 Å². The molecule has 0 saturated heterocycles. The zero-order valence-corrected chi connectivity index (χ0v) is 9.34. The van der Waals surface area contributed by atoms with Crippen LogP contribution in [-0.4, -0.2) is 23.4 Å². The van der Waals surface area contributed by atoms with Gasteiger partial charge in [0.2, 0.25) is 0 Å². The first kappa shape index (κ1) is 12.0. The maximum atomic E-state index is 13.0. The molecule has 0 spiro atoms. The van der Waals surface area contributed by atoms with Crippen molar-refractivity contribution in [3.05, 3.63) is 35.1 Å². The van der Waals surface area contributed by atoms with Crippen LogP contribution >= 0.6 is 0 Å². The number of rotatable bonds is 3. The third-order valence-corrected chi connectivity index (χ3v) is 2.82. The molecule has 1 aromatic carbocycles. The summed E-state index contributed by atoms with van der Waals surface area (Å²) in [6.45, 7) is 2.27. The highest BCUT2D eigenvalue weighted by Gasteiger charge is 2.32. The smallest absolute Gasteiger partial charge is 0.254 e. The van der Waals surface area contributed by atoms with Crippen molar-refractivity contribution in [1.29, 1.82) is 0 Å². The molecule has 0 bridgehead atoms. The number of carbonyl (C=O) groups excluding carboxylic acids is 1. The summed E-state index contributed by atoms with van der Waals surface area (Å²) in [5.41, 5.74) is -0.143. The van der Waals surface area contributed by atoms with Crippen molar-refractivity contribution < 1.29 is 18.0 Å². The summed E-state index contributed by atoms with van der Waals surface area (Å²) in [5, 5.41) is 0. The Balaban J connectivity index is 2.30. The van der Waals surface area contributed by atoms with Crippen LogP contribution in [0.2, 0.25) is 0 Å². The van der Waals surface area contributed by atoms with E-state index in [0.717, 1.165) is 25.0 Å². The van der Waals surface area contributed by atoms with Gasteiger partial charge in [-0.05, 0) is 31.9 Å². The average molecular weight is 243 g/mol. The molecule has 1 aliphatic rings. The number of nitrogens with zero attached hydrogens (tertiary/aromatic N) is 1. The van der Waals surface area contributed by atoms with Gasteiger partial charge in [0.25, 0.3) is 5.91 Å². The molecule has 0 atom stereocenters. The number of halogens is 3. The van der Waals surface area contributed by atoms with Gasteiger partial charge < -0.3 is 4.90 Å². The lowest BCUT2D eigenvalue weighted by Gasteiger charge is -2.20. The summed E-state index contributed by atoms with van der Waals surface area (Å²) in [7, 11) is 0. The lowest BCUT2D eigenvalue weighted by Crippen LogP contribution is -2.33. The molecule has 92 valence electrons.